The molecule has 2 N–H and O–H groups in total. The number of thiophene rings is 1. The lowest BCUT2D eigenvalue weighted by atomic mass is 9.95. The maximum Gasteiger partial charge on any atom is 0.224 e. The van der Waals surface area contributed by atoms with E-state index < -0.39 is 0 Å². The molecule has 2 heterocycles. The van der Waals surface area contributed by atoms with Gasteiger partial charge in [0.05, 0.1) is 6.04 Å². The number of hydrogen-bond donors (Lipinski definition) is 2. The molecule has 1 aromatic carbocycles. The van der Waals surface area contributed by atoms with Gasteiger partial charge in [0.2, 0.25) is 5.91 Å². The van der Waals surface area contributed by atoms with Crippen molar-refractivity contribution in [3.8, 4) is 0 Å². The fraction of sp³-hybridized carbons (Fsp3) is 0.267. The van der Waals surface area contributed by atoms with Crippen molar-refractivity contribution in [2.24, 2.45) is 0 Å². The number of rotatable bonds is 3. The van der Waals surface area contributed by atoms with Crippen molar-refractivity contribution >= 4 is 22.9 Å². The van der Waals surface area contributed by atoms with E-state index in [1.54, 1.807) is 11.3 Å². The van der Waals surface area contributed by atoms with E-state index in [0.717, 1.165) is 12.1 Å². The van der Waals surface area contributed by atoms with Gasteiger partial charge in [-0.2, -0.15) is 11.3 Å². The van der Waals surface area contributed by atoms with Crippen molar-refractivity contribution < 1.29 is 4.79 Å². The molecular weight excluding hydrogens is 256 g/mol. The van der Waals surface area contributed by atoms with Crippen molar-refractivity contribution in [1.29, 1.82) is 0 Å². The minimum atomic E-state index is 0.114. The van der Waals surface area contributed by atoms with Crippen molar-refractivity contribution in [2.45, 2.75) is 18.9 Å². The highest BCUT2D eigenvalue weighted by Crippen LogP contribution is 2.29. The van der Waals surface area contributed by atoms with E-state index in [0.29, 0.717) is 6.42 Å². The Hall–Kier alpha value is -1.65. The predicted octanol–water partition coefficient (Wildman–Crippen LogP) is 2.94. The van der Waals surface area contributed by atoms with Crippen LogP contribution < -0.4 is 10.6 Å². The molecule has 0 fully saturated rings. The molecule has 98 valence electrons. The standard InChI is InChI=1S/C15H16N2OS/c1-16-15(12-6-7-19-9-12)11-2-4-13-10(8-11)3-5-14(18)17-13/h2,4,6-9,15-16H,3,5H2,1H3,(H,17,18). The molecule has 3 rings (SSSR count). The molecule has 1 amide bonds. The van der Waals surface area contributed by atoms with Crippen molar-refractivity contribution in [3.05, 3.63) is 51.7 Å². The molecule has 1 aromatic heterocycles. The molecule has 0 aliphatic carbocycles. The molecule has 0 radical (unpaired) electrons. The van der Waals surface area contributed by atoms with E-state index in [1.807, 2.05) is 13.1 Å². The zero-order chi connectivity index (χ0) is 13.2. The Balaban J connectivity index is 1.95. The molecule has 3 nitrogen and oxygen atoms in total. The highest BCUT2D eigenvalue weighted by atomic mass is 32.1. The maximum atomic E-state index is 11.4. The average Bonchev–Trinajstić information content (AvgIpc) is 2.93. The second-order valence-corrected chi connectivity index (χ2v) is 5.52. The zero-order valence-electron chi connectivity index (χ0n) is 10.8. The fourth-order valence-corrected chi connectivity index (χ4v) is 3.23. The van der Waals surface area contributed by atoms with Gasteiger partial charge in [0.15, 0.2) is 0 Å². The summed E-state index contributed by atoms with van der Waals surface area (Å²) in [7, 11) is 1.98. The summed E-state index contributed by atoms with van der Waals surface area (Å²) in [5, 5.41) is 10.5. The van der Waals surface area contributed by atoms with Gasteiger partial charge in [0, 0.05) is 12.1 Å². The highest BCUT2D eigenvalue weighted by Gasteiger charge is 2.18. The van der Waals surface area contributed by atoms with Crippen LogP contribution in [0.15, 0.2) is 35.0 Å². The Morgan fingerprint density at radius 2 is 2.16 bits per heavy atom. The number of benzene rings is 1. The van der Waals surface area contributed by atoms with Gasteiger partial charge in [-0.25, -0.2) is 0 Å². The minimum Gasteiger partial charge on any atom is -0.326 e. The lowest BCUT2D eigenvalue weighted by Gasteiger charge is -2.21. The van der Waals surface area contributed by atoms with Crippen LogP contribution in [-0.4, -0.2) is 13.0 Å². The third-order valence-electron chi connectivity index (χ3n) is 3.52. The van der Waals surface area contributed by atoms with Crippen LogP contribution in [0, 0.1) is 0 Å². The van der Waals surface area contributed by atoms with E-state index in [2.05, 4.69) is 39.6 Å². The molecule has 2 aromatic rings. The number of amides is 1. The molecule has 1 aliphatic heterocycles. The van der Waals surface area contributed by atoms with Gasteiger partial charge >= 0.3 is 0 Å². The quantitative estimate of drug-likeness (QED) is 0.902. The lowest BCUT2D eigenvalue weighted by Crippen LogP contribution is -2.21. The molecular formula is C15H16N2OS. The summed E-state index contributed by atoms with van der Waals surface area (Å²) in [4.78, 5) is 11.4. The SMILES string of the molecule is CNC(c1ccsc1)c1ccc2c(c1)CCC(=O)N2. The Bertz CT molecular complexity index is 592. The van der Waals surface area contributed by atoms with Crippen molar-refractivity contribution in [2.75, 3.05) is 12.4 Å². The summed E-state index contributed by atoms with van der Waals surface area (Å²) in [6.45, 7) is 0. The maximum absolute atomic E-state index is 11.4. The number of hydrogen-bond acceptors (Lipinski definition) is 3. The average molecular weight is 272 g/mol. The number of anilines is 1. The number of aryl methyl sites for hydroxylation is 1. The third-order valence-corrected chi connectivity index (χ3v) is 4.22. The Labute approximate surface area is 116 Å². The van der Waals surface area contributed by atoms with Gasteiger partial charge in [-0.3, -0.25) is 4.79 Å². The van der Waals surface area contributed by atoms with Gasteiger partial charge in [0.25, 0.3) is 0 Å². The van der Waals surface area contributed by atoms with Crippen LogP contribution >= 0.6 is 11.3 Å². The topological polar surface area (TPSA) is 41.1 Å². The Kier molecular flexibility index (Phi) is 3.36. The monoisotopic (exact) mass is 272 g/mol. The normalized spacial score (nSPS) is 15.7. The summed E-state index contributed by atoms with van der Waals surface area (Å²) in [5.41, 5.74) is 4.72. The molecule has 1 aliphatic rings. The van der Waals surface area contributed by atoms with Gasteiger partial charge in [-0.15, -0.1) is 0 Å². The number of carbonyl (C=O) groups excluding carboxylic acids is 1. The largest absolute Gasteiger partial charge is 0.326 e. The first kappa shape index (κ1) is 12.4. The van der Waals surface area contributed by atoms with Crippen LogP contribution in [0.5, 0.6) is 0 Å². The van der Waals surface area contributed by atoms with E-state index in [9.17, 15) is 4.79 Å². The first-order valence-electron chi connectivity index (χ1n) is 6.40. The highest BCUT2D eigenvalue weighted by molar-refractivity contribution is 7.08. The predicted molar refractivity (Wildman–Crippen MR) is 78.6 cm³/mol. The second kappa shape index (κ2) is 5.15. The van der Waals surface area contributed by atoms with E-state index >= 15 is 0 Å². The Morgan fingerprint density at radius 3 is 2.89 bits per heavy atom. The summed E-state index contributed by atoms with van der Waals surface area (Å²) in [6.07, 6.45) is 1.41. The summed E-state index contributed by atoms with van der Waals surface area (Å²) in [6, 6.07) is 8.66. The smallest absolute Gasteiger partial charge is 0.224 e. The van der Waals surface area contributed by atoms with Crippen molar-refractivity contribution in [3.63, 3.8) is 0 Å². The van der Waals surface area contributed by atoms with Gasteiger partial charge in [0.1, 0.15) is 0 Å². The minimum absolute atomic E-state index is 0.114. The van der Waals surface area contributed by atoms with Gasteiger partial charge in [-0.05, 0) is 53.1 Å². The summed E-state index contributed by atoms with van der Waals surface area (Å²) >= 11 is 1.71. The number of fused-ring (bicyclic) bond motifs is 1. The molecule has 0 spiro atoms. The molecule has 1 unspecified atom stereocenters. The first-order valence-corrected chi connectivity index (χ1v) is 7.34. The molecule has 1 atom stereocenters. The lowest BCUT2D eigenvalue weighted by molar-refractivity contribution is -0.116. The molecule has 19 heavy (non-hydrogen) atoms. The van der Waals surface area contributed by atoms with Crippen LogP contribution in [0.4, 0.5) is 5.69 Å². The number of carbonyl (C=O) groups is 1. The molecule has 4 heteroatoms. The van der Waals surface area contributed by atoms with Crippen LogP contribution in [0.2, 0.25) is 0 Å². The van der Waals surface area contributed by atoms with Crippen LogP contribution in [-0.2, 0) is 11.2 Å². The van der Waals surface area contributed by atoms with E-state index in [-0.39, 0.29) is 11.9 Å². The van der Waals surface area contributed by atoms with E-state index in [1.165, 1.54) is 16.7 Å². The van der Waals surface area contributed by atoms with Gasteiger partial charge < -0.3 is 10.6 Å². The fourth-order valence-electron chi connectivity index (χ4n) is 2.55. The van der Waals surface area contributed by atoms with E-state index in [4.69, 9.17) is 0 Å². The molecule has 0 saturated carbocycles. The van der Waals surface area contributed by atoms with Crippen LogP contribution in [0.1, 0.15) is 29.2 Å². The Morgan fingerprint density at radius 1 is 1.26 bits per heavy atom. The van der Waals surface area contributed by atoms with Crippen LogP contribution in [0.25, 0.3) is 0 Å². The second-order valence-electron chi connectivity index (χ2n) is 4.74. The summed E-state index contributed by atoms with van der Waals surface area (Å²) < 4.78 is 0. The third kappa shape index (κ3) is 2.41. The summed E-state index contributed by atoms with van der Waals surface area (Å²) in [5.74, 6) is 0.114. The van der Waals surface area contributed by atoms with Crippen LogP contribution in [0.3, 0.4) is 0 Å². The zero-order valence-corrected chi connectivity index (χ0v) is 11.6. The number of nitrogens with one attached hydrogen (secondary N) is 2. The first-order chi connectivity index (χ1) is 9.28. The van der Waals surface area contributed by atoms with Gasteiger partial charge in [-0.1, -0.05) is 12.1 Å². The molecule has 0 saturated heterocycles. The molecule has 0 bridgehead atoms. The van der Waals surface area contributed by atoms with Crippen molar-refractivity contribution in [1.82, 2.24) is 5.32 Å².